The van der Waals surface area contributed by atoms with Crippen LogP contribution >= 0.6 is 23.4 Å². The van der Waals surface area contributed by atoms with Gasteiger partial charge in [-0.15, -0.1) is 0 Å². The van der Waals surface area contributed by atoms with E-state index in [2.05, 4.69) is 26.0 Å². The molecule has 1 aliphatic rings. The number of piperidine rings is 1. The molecule has 0 atom stereocenters. The molecule has 8 nitrogen and oxygen atoms in total. The lowest BCUT2D eigenvalue weighted by Gasteiger charge is -2.38. The van der Waals surface area contributed by atoms with Gasteiger partial charge in [0.1, 0.15) is 5.03 Å². The number of nitrogens with one attached hydrogen (secondary N) is 2. The molecule has 0 saturated carbocycles. The van der Waals surface area contributed by atoms with E-state index in [9.17, 15) is 13.2 Å². The molecule has 3 aromatic carbocycles. The number of para-hydroxylation sites is 1. The Morgan fingerprint density at radius 3 is 2.24 bits per heavy atom. The Balaban J connectivity index is 1.16. The average molecular weight is 622 g/mol. The summed E-state index contributed by atoms with van der Waals surface area (Å²) in [6, 6.07) is 28.2. The summed E-state index contributed by atoms with van der Waals surface area (Å²) in [7, 11) is -3.30. The van der Waals surface area contributed by atoms with Crippen LogP contribution in [-0.4, -0.2) is 49.7 Å². The number of anilines is 3. The summed E-state index contributed by atoms with van der Waals surface area (Å²) in [6.45, 7) is 2.53. The molecule has 0 aliphatic carbocycles. The Kier molecular flexibility index (Phi) is 9.69. The van der Waals surface area contributed by atoms with Crippen molar-refractivity contribution >= 4 is 56.5 Å². The monoisotopic (exact) mass is 621 g/mol. The molecule has 0 bridgehead atoms. The van der Waals surface area contributed by atoms with E-state index in [1.54, 1.807) is 36.4 Å². The van der Waals surface area contributed by atoms with E-state index in [1.165, 1.54) is 11.8 Å². The van der Waals surface area contributed by atoms with Crippen molar-refractivity contribution in [3.8, 4) is 0 Å². The highest BCUT2D eigenvalue weighted by atomic mass is 35.5. The van der Waals surface area contributed by atoms with Gasteiger partial charge in [-0.3, -0.25) is 14.5 Å². The fourth-order valence-corrected chi connectivity index (χ4v) is 6.33. The van der Waals surface area contributed by atoms with Gasteiger partial charge >= 0.3 is 6.03 Å². The second-order valence-corrected chi connectivity index (χ2v) is 13.4. The fraction of sp³-hybridized carbons (Fsp3) is 0.226. The first-order valence-corrected chi connectivity index (χ1v) is 16.6. The lowest BCUT2D eigenvalue weighted by molar-refractivity contribution is 0.199. The highest BCUT2D eigenvalue weighted by molar-refractivity contribution is 7.99. The van der Waals surface area contributed by atoms with Gasteiger partial charge in [0.15, 0.2) is 0 Å². The molecule has 1 saturated heterocycles. The number of amides is 2. The van der Waals surface area contributed by atoms with Crippen molar-refractivity contribution in [2.24, 2.45) is 0 Å². The van der Waals surface area contributed by atoms with E-state index in [4.69, 9.17) is 11.6 Å². The minimum absolute atomic E-state index is 0.0758. The van der Waals surface area contributed by atoms with Crippen LogP contribution in [0.25, 0.3) is 0 Å². The highest BCUT2D eigenvalue weighted by Gasteiger charge is 2.29. The number of hydrogen-bond acceptors (Lipinski definition) is 6. The van der Waals surface area contributed by atoms with Crippen LogP contribution in [0.15, 0.2) is 107 Å². The Morgan fingerprint density at radius 1 is 0.952 bits per heavy atom. The molecule has 1 fully saturated rings. The van der Waals surface area contributed by atoms with Gasteiger partial charge in [-0.25, -0.2) is 18.2 Å². The molecule has 2 N–H and O–H groups in total. The van der Waals surface area contributed by atoms with E-state index in [-0.39, 0.29) is 12.1 Å². The van der Waals surface area contributed by atoms with Crippen LogP contribution in [0.4, 0.5) is 21.9 Å². The number of urea groups is 1. The van der Waals surface area contributed by atoms with Crippen molar-refractivity contribution < 1.29 is 13.2 Å². The molecular formula is C31H32ClN5O3S2. The SMILES string of the molecule is CS(=O)(=O)Nc1ccc(Sc2ccc(CN3CCC(N(C(=O)Nc4ccc(Cl)cc4)c4ccccc4)CC3)cn2)cc1. The third-order valence-electron chi connectivity index (χ3n) is 6.85. The summed E-state index contributed by atoms with van der Waals surface area (Å²) in [5, 5.41) is 4.52. The number of carbonyl (C=O) groups excluding carboxylic acids is 1. The largest absolute Gasteiger partial charge is 0.326 e. The lowest BCUT2D eigenvalue weighted by Crippen LogP contribution is -2.49. The van der Waals surface area contributed by atoms with E-state index < -0.39 is 10.0 Å². The highest BCUT2D eigenvalue weighted by Crippen LogP contribution is 2.29. The third-order valence-corrected chi connectivity index (χ3v) is 8.67. The van der Waals surface area contributed by atoms with Gasteiger partial charge in [0, 0.05) is 58.9 Å². The minimum atomic E-state index is -3.30. The first-order valence-electron chi connectivity index (χ1n) is 13.6. The Bertz CT molecular complexity index is 1580. The minimum Gasteiger partial charge on any atom is -0.308 e. The van der Waals surface area contributed by atoms with Crippen molar-refractivity contribution in [3.63, 3.8) is 0 Å². The van der Waals surface area contributed by atoms with Crippen molar-refractivity contribution in [1.82, 2.24) is 9.88 Å². The third kappa shape index (κ3) is 8.48. The summed E-state index contributed by atoms with van der Waals surface area (Å²) in [5.74, 6) is 0. The van der Waals surface area contributed by atoms with E-state index >= 15 is 0 Å². The second-order valence-electron chi connectivity index (χ2n) is 10.2. The first-order chi connectivity index (χ1) is 20.2. The molecule has 2 amide bonds. The van der Waals surface area contributed by atoms with Crippen molar-refractivity contribution in [3.05, 3.63) is 108 Å². The number of likely N-dealkylation sites (tertiary alicyclic amines) is 1. The second kappa shape index (κ2) is 13.6. The number of sulfonamides is 1. The number of carbonyl (C=O) groups is 1. The molecule has 4 aromatic rings. The Labute approximate surface area is 256 Å². The van der Waals surface area contributed by atoms with Gasteiger partial charge < -0.3 is 5.32 Å². The molecule has 0 unspecified atom stereocenters. The van der Waals surface area contributed by atoms with Crippen LogP contribution in [-0.2, 0) is 16.6 Å². The maximum atomic E-state index is 13.4. The predicted molar refractivity (Wildman–Crippen MR) is 171 cm³/mol. The number of aromatic nitrogens is 1. The quantitative estimate of drug-likeness (QED) is 0.210. The van der Waals surface area contributed by atoms with Gasteiger partial charge in [0.2, 0.25) is 10.0 Å². The molecule has 1 aliphatic heterocycles. The maximum Gasteiger partial charge on any atom is 0.326 e. The number of benzene rings is 3. The van der Waals surface area contributed by atoms with Gasteiger partial charge in [-0.05, 0) is 85.1 Å². The summed E-state index contributed by atoms with van der Waals surface area (Å²) in [4.78, 5) is 23.3. The number of halogens is 1. The normalized spacial score (nSPS) is 14.3. The standard InChI is InChI=1S/C31H32ClN5O3S2/c1-42(39,40)35-26-12-14-29(15-13-26)41-30-16-7-23(21-33-30)22-36-19-17-28(18-20-36)37(27-5-3-2-4-6-27)31(38)34-25-10-8-24(32)9-11-25/h2-16,21,28,35H,17-20,22H2,1H3,(H,34,38). The molecule has 11 heteroatoms. The number of rotatable bonds is 9. The fourth-order valence-electron chi connectivity index (χ4n) is 4.88. The summed E-state index contributed by atoms with van der Waals surface area (Å²) < 4.78 is 25.3. The van der Waals surface area contributed by atoms with Gasteiger partial charge in [0.05, 0.1) is 6.26 Å². The zero-order valence-corrected chi connectivity index (χ0v) is 25.5. The van der Waals surface area contributed by atoms with E-state index in [1.807, 2.05) is 59.6 Å². The van der Waals surface area contributed by atoms with Crippen molar-refractivity contribution in [1.29, 1.82) is 0 Å². The topological polar surface area (TPSA) is 94.6 Å². The van der Waals surface area contributed by atoms with E-state index in [0.717, 1.165) is 59.9 Å². The number of hydrogen-bond donors (Lipinski definition) is 2. The zero-order valence-electron chi connectivity index (χ0n) is 23.1. The molecular weight excluding hydrogens is 590 g/mol. The van der Waals surface area contributed by atoms with Crippen molar-refractivity contribution in [2.45, 2.75) is 35.3 Å². The Morgan fingerprint density at radius 2 is 1.62 bits per heavy atom. The smallest absolute Gasteiger partial charge is 0.308 e. The zero-order chi connectivity index (χ0) is 29.5. The van der Waals surface area contributed by atoms with E-state index in [0.29, 0.717) is 16.4 Å². The van der Waals surface area contributed by atoms with Gasteiger partial charge in [0.25, 0.3) is 0 Å². The van der Waals surface area contributed by atoms with Gasteiger partial charge in [-0.2, -0.15) is 0 Å². The van der Waals surface area contributed by atoms with Crippen LogP contribution in [0.5, 0.6) is 0 Å². The average Bonchev–Trinajstić information content (AvgIpc) is 2.97. The lowest BCUT2D eigenvalue weighted by atomic mass is 10.0. The molecule has 0 radical (unpaired) electrons. The molecule has 2 heterocycles. The summed E-state index contributed by atoms with van der Waals surface area (Å²) >= 11 is 7.53. The van der Waals surface area contributed by atoms with Crippen LogP contribution in [0.3, 0.4) is 0 Å². The number of nitrogens with zero attached hydrogens (tertiary/aromatic N) is 3. The van der Waals surface area contributed by atoms with Crippen LogP contribution in [0.1, 0.15) is 18.4 Å². The van der Waals surface area contributed by atoms with Gasteiger partial charge in [-0.1, -0.05) is 47.6 Å². The van der Waals surface area contributed by atoms with Crippen molar-refractivity contribution in [2.75, 3.05) is 34.3 Å². The molecule has 1 aromatic heterocycles. The first kappa shape index (κ1) is 29.9. The van der Waals surface area contributed by atoms with Crippen LogP contribution in [0, 0.1) is 0 Å². The molecule has 5 rings (SSSR count). The molecule has 218 valence electrons. The van der Waals surface area contributed by atoms with Crippen LogP contribution < -0.4 is 14.9 Å². The maximum absolute atomic E-state index is 13.4. The molecule has 0 spiro atoms. The summed E-state index contributed by atoms with van der Waals surface area (Å²) in [6.07, 6.45) is 4.75. The Hall–Kier alpha value is -3.57. The number of pyridine rings is 1. The summed E-state index contributed by atoms with van der Waals surface area (Å²) in [5.41, 5.74) is 3.24. The predicted octanol–water partition coefficient (Wildman–Crippen LogP) is 6.96. The molecule has 42 heavy (non-hydrogen) atoms. The van der Waals surface area contributed by atoms with Crippen LogP contribution in [0.2, 0.25) is 5.02 Å².